The molecular weight excluding hydrogens is 574 g/mol. The lowest BCUT2D eigenvalue weighted by atomic mass is 9.91. The predicted molar refractivity (Wildman–Crippen MR) is 170 cm³/mol. The molecule has 0 amide bonds. The van der Waals surface area contributed by atoms with E-state index in [2.05, 4.69) is 21.0 Å². The Morgan fingerprint density at radius 1 is 1.13 bits per heavy atom. The van der Waals surface area contributed by atoms with Crippen LogP contribution in [0.1, 0.15) is 50.2 Å². The molecular formula is C35H36F2N6O2. The zero-order valence-corrected chi connectivity index (χ0v) is 25.3. The van der Waals surface area contributed by atoms with Gasteiger partial charge >= 0.3 is 6.01 Å². The average Bonchev–Trinajstić information content (AvgIpc) is 3.68. The molecule has 0 aliphatic carbocycles. The summed E-state index contributed by atoms with van der Waals surface area (Å²) in [6, 6.07) is 7.15. The van der Waals surface area contributed by atoms with Gasteiger partial charge in [-0.3, -0.25) is 9.88 Å². The number of halogens is 2. The second kappa shape index (κ2) is 10.8. The smallest absolute Gasteiger partial charge is 0.319 e. The Hall–Kier alpha value is -4.07. The Balaban J connectivity index is 1.30. The molecule has 10 heteroatoms. The van der Waals surface area contributed by atoms with E-state index in [4.69, 9.17) is 26.1 Å². The van der Waals surface area contributed by atoms with Crippen molar-refractivity contribution in [1.29, 1.82) is 0 Å². The van der Waals surface area contributed by atoms with Gasteiger partial charge in [0, 0.05) is 55.3 Å². The maximum Gasteiger partial charge on any atom is 0.319 e. The third-order valence-corrected chi connectivity index (χ3v) is 10.4. The van der Waals surface area contributed by atoms with Gasteiger partial charge < -0.3 is 20.1 Å². The van der Waals surface area contributed by atoms with Gasteiger partial charge in [-0.1, -0.05) is 18.9 Å². The van der Waals surface area contributed by atoms with Crippen LogP contribution in [-0.4, -0.2) is 81.5 Å². The molecule has 232 valence electrons. The fourth-order valence-corrected chi connectivity index (χ4v) is 8.36. The first-order valence-electron chi connectivity index (χ1n) is 16.0. The molecule has 2 aromatic heterocycles. The second-order valence-corrected chi connectivity index (χ2v) is 13.1. The molecule has 4 aliphatic heterocycles. The topological polar surface area (TPSA) is 86.6 Å². The average molecular weight is 611 g/mol. The summed E-state index contributed by atoms with van der Waals surface area (Å²) in [5.74, 6) is 2.78. The zero-order chi connectivity index (χ0) is 30.9. The summed E-state index contributed by atoms with van der Waals surface area (Å²) in [6.45, 7) is 5.29. The third kappa shape index (κ3) is 4.67. The minimum absolute atomic E-state index is 0.0426. The van der Waals surface area contributed by atoms with E-state index in [0.29, 0.717) is 71.0 Å². The second-order valence-electron chi connectivity index (χ2n) is 13.1. The van der Waals surface area contributed by atoms with Gasteiger partial charge in [0.15, 0.2) is 5.82 Å². The largest absolute Gasteiger partial charge is 0.508 e. The van der Waals surface area contributed by atoms with E-state index in [-0.39, 0.29) is 22.9 Å². The van der Waals surface area contributed by atoms with Crippen molar-refractivity contribution in [1.82, 2.24) is 25.2 Å². The van der Waals surface area contributed by atoms with Crippen molar-refractivity contribution in [3.05, 3.63) is 47.4 Å². The summed E-state index contributed by atoms with van der Waals surface area (Å²) in [7, 11) is 0. The monoisotopic (exact) mass is 610 g/mol. The number of terminal acetylenes is 1. The number of aromatic hydroxyl groups is 1. The van der Waals surface area contributed by atoms with Gasteiger partial charge in [0.2, 0.25) is 0 Å². The van der Waals surface area contributed by atoms with Crippen molar-refractivity contribution >= 4 is 27.6 Å². The van der Waals surface area contributed by atoms with E-state index in [0.717, 1.165) is 56.7 Å². The number of rotatable bonds is 6. The highest BCUT2D eigenvalue weighted by molar-refractivity contribution is 6.04. The fraction of sp³-hybridized carbons (Fsp3) is 0.457. The maximum atomic E-state index is 15.0. The number of aryl methyl sites for hydroxylation is 1. The number of hydrogen-bond donors (Lipinski definition) is 2. The Morgan fingerprint density at radius 2 is 1.96 bits per heavy atom. The molecule has 4 aliphatic rings. The van der Waals surface area contributed by atoms with Crippen LogP contribution in [0.25, 0.3) is 32.9 Å². The number of phenols is 1. The first-order valence-corrected chi connectivity index (χ1v) is 16.0. The highest BCUT2D eigenvalue weighted by Crippen LogP contribution is 2.42. The summed E-state index contributed by atoms with van der Waals surface area (Å²) >= 11 is 0. The highest BCUT2D eigenvalue weighted by atomic mass is 19.1. The molecule has 4 saturated heterocycles. The van der Waals surface area contributed by atoms with Crippen LogP contribution in [0, 0.1) is 18.2 Å². The molecule has 0 spiro atoms. The Morgan fingerprint density at radius 3 is 2.73 bits per heavy atom. The Kier molecular flexibility index (Phi) is 6.80. The van der Waals surface area contributed by atoms with E-state index in [1.807, 2.05) is 6.92 Å². The fourth-order valence-electron chi connectivity index (χ4n) is 8.36. The van der Waals surface area contributed by atoms with Crippen LogP contribution in [0.2, 0.25) is 0 Å². The van der Waals surface area contributed by atoms with Gasteiger partial charge in [-0.05, 0) is 73.4 Å². The van der Waals surface area contributed by atoms with Gasteiger partial charge in [-0.2, -0.15) is 9.97 Å². The van der Waals surface area contributed by atoms with Crippen LogP contribution in [-0.2, 0) is 6.42 Å². The summed E-state index contributed by atoms with van der Waals surface area (Å²) in [6.07, 6.45) is 11.9. The number of alkyl halides is 1. The Labute approximate surface area is 260 Å². The summed E-state index contributed by atoms with van der Waals surface area (Å²) in [5, 5.41) is 15.6. The molecule has 2 N–H and O–H groups in total. The number of anilines is 1. The van der Waals surface area contributed by atoms with Crippen LogP contribution in [0.15, 0.2) is 30.5 Å². The van der Waals surface area contributed by atoms with Crippen molar-refractivity contribution in [3.63, 3.8) is 0 Å². The van der Waals surface area contributed by atoms with Crippen molar-refractivity contribution in [3.8, 4) is 35.2 Å². The van der Waals surface area contributed by atoms with Crippen LogP contribution in [0.3, 0.4) is 0 Å². The number of benzene rings is 2. The van der Waals surface area contributed by atoms with Crippen molar-refractivity contribution < 1.29 is 18.6 Å². The number of phenolic OH excluding ortho intramolecular Hbond substituents is 1. The molecule has 45 heavy (non-hydrogen) atoms. The SMILES string of the molecule is C#Cc1c(F)ccc2cc(O)cc(-c3cnc4c(N5CC6CCC(C5)N6)nc(OC[C@@]56CCCN5C[C@H](F)C6)nc4c3CC)c12. The van der Waals surface area contributed by atoms with Gasteiger partial charge in [0.25, 0.3) is 0 Å². The number of piperazine rings is 1. The van der Waals surface area contributed by atoms with Crippen LogP contribution in [0.5, 0.6) is 11.8 Å². The van der Waals surface area contributed by atoms with E-state index in [1.165, 1.54) is 6.07 Å². The predicted octanol–water partition coefficient (Wildman–Crippen LogP) is 5.13. The quantitative estimate of drug-likeness (QED) is 0.291. The lowest BCUT2D eigenvalue weighted by molar-refractivity contribution is 0.107. The van der Waals surface area contributed by atoms with Crippen molar-refractivity contribution in [2.24, 2.45) is 0 Å². The summed E-state index contributed by atoms with van der Waals surface area (Å²) in [5.41, 5.74) is 3.28. The van der Waals surface area contributed by atoms with Crippen LogP contribution < -0.4 is 15.0 Å². The molecule has 8 rings (SSSR count). The third-order valence-electron chi connectivity index (χ3n) is 10.4. The zero-order valence-electron chi connectivity index (χ0n) is 25.3. The normalized spacial score (nSPS) is 26.1. The summed E-state index contributed by atoms with van der Waals surface area (Å²) in [4.78, 5) is 19.4. The number of nitrogens with one attached hydrogen (secondary N) is 1. The minimum atomic E-state index is -0.855. The van der Waals surface area contributed by atoms with E-state index < -0.39 is 12.0 Å². The number of hydrogen-bond acceptors (Lipinski definition) is 8. The van der Waals surface area contributed by atoms with Crippen LogP contribution in [0.4, 0.5) is 14.6 Å². The number of nitrogens with zero attached hydrogens (tertiary/aromatic N) is 5. The molecule has 4 atom stereocenters. The highest BCUT2D eigenvalue weighted by Gasteiger charge is 2.49. The number of aromatic nitrogens is 3. The minimum Gasteiger partial charge on any atom is -0.508 e. The standard InChI is InChI=1S/C35H36F2N6O2/c1-3-25-28(27-13-24(44)12-20-6-9-29(37)26(4-2)30(20)27)15-38-32-31(25)40-34(41-33(32)42-17-22-7-8-23(18-42)39-22)45-19-35-10-5-11-43(35)16-21(36)14-35/h2,6,9,12-13,15,21-23,39,44H,3,5,7-8,10-11,14,16-19H2,1H3/t21-,22?,23?,35+/m1/s1. The first-order chi connectivity index (χ1) is 21.9. The maximum absolute atomic E-state index is 15.0. The van der Waals surface area contributed by atoms with Crippen molar-refractivity contribution in [2.45, 2.75) is 69.2 Å². The van der Waals surface area contributed by atoms with Crippen LogP contribution >= 0.6 is 0 Å². The first kappa shape index (κ1) is 28.4. The number of ether oxygens (including phenoxy) is 1. The molecule has 2 aromatic carbocycles. The molecule has 8 nitrogen and oxygen atoms in total. The molecule has 0 radical (unpaired) electrons. The molecule has 2 unspecified atom stereocenters. The van der Waals surface area contributed by atoms with Gasteiger partial charge in [0.1, 0.15) is 35.4 Å². The molecule has 4 fully saturated rings. The lowest BCUT2D eigenvalue weighted by Crippen LogP contribution is -2.51. The number of fused-ring (bicyclic) bond motifs is 5. The van der Waals surface area contributed by atoms with Gasteiger partial charge in [0.05, 0.1) is 11.1 Å². The van der Waals surface area contributed by atoms with Gasteiger partial charge in [-0.15, -0.1) is 6.42 Å². The van der Waals surface area contributed by atoms with Crippen molar-refractivity contribution in [2.75, 3.05) is 37.7 Å². The van der Waals surface area contributed by atoms with E-state index in [9.17, 15) is 13.9 Å². The molecule has 2 bridgehead atoms. The van der Waals surface area contributed by atoms with E-state index >= 15 is 0 Å². The van der Waals surface area contributed by atoms with E-state index in [1.54, 1.807) is 24.4 Å². The molecule has 6 heterocycles. The summed E-state index contributed by atoms with van der Waals surface area (Å²) < 4.78 is 35.9. The Bertz CT molecular complexity index is 1870. The number of pyridine rings is 1. The molecule has 4 aromatic rings. The molecule has 0 saturated carbocycles. The lowest BCUT2D eigenvalue weighted by Gasteiger charge is -2.34. The van der Waals surface area contributed by atoms with Gasteiger partial charge in [-0.25, -0.2) is 8.78 Å².